The van der Waals surface area contributed by atoms with Crippen LogP contribution in [0, 0.1) is 6.92 Å². The zero-order valence-electron chi connectivity index (χ0n) is 12.2. The average molecular weight is 275 g/mol. The summed E-state index contributed by atoms with van der Waals surface area (Å²) in [6.45, 7) is 3.88. The minimum atomic E-state index is 0.542. The molecule has 0 aliphatic carbocycles. The van der Waals surface area contributed by atoms with E-state index < -0.39 is 0 Å². The number of methoxy groups -OCH3 is 1. The second-order valence-corrected chi connectivity index (χ2v) is 4.64. The molecule has 0 amide bonds. The maximum atomic E-state index is 5.75. The Bertz CT molecular complexity index is 552. The molecule has 5 heteroatoms. The van der Waals surface area contributed by atoms with Crippen LogP contribution >= 0.6 is 0 Å². The van der Waals surface area contributed by atoms with Crippen molar-refractivity contribution in [2.24, 2.45) is 7.05 Å². The Morgan fingerprint density at radius 1 is 1.25 bits per heavy atom. The van der Waals surface area contributed by atoms with E-state index in [-0.39, 0.29) is 0 Å². The molecule has 0 unspecified atom stereocenters. The maximum absolute atomic E-state index is 5.75. The zero-order valence-corrected chi connectivity index (χ0v) is 12.2. The molecule has 2 rings (SSSR count). The van der Waals surface area contributed by atoms with Gasteiger partial charge in [0.15, 0.2) is 0 Å². The van der Waals surface area contributed by atoms with Crippen molar-refractivity contribution in [1.82, 2.24) is 9.78 Å². The Balaban J connectivity index is 2.04. The number of aromatic nitrogens is 2. The van der Waals surface area contributed by atoms with Gasteiger partial charge in [-0.3, -0.25) is 4.68 Å². The Morgan fingerprint density at radius 3 is 2.80 bits per heavy atom. The number of nitrogens with zero attached hydrogens (tertiary/aromatic N) is 2. The van der Waals surface area contributed by atoms with Crippen LogP contribution in [0.25, 0.3) is 0 Å². The molecule has 0 radical (unpaired) electrons. The molecule has 1 aromatic heterocycles. The molecule has 108 valence electrons. The summed E-state index contributed by atoms with van der Waals surface area (Å²) in [5, 5.41) is 7.54. The van der Waals surface area contributed by atoms with Gasteiger partial charge < -0.3 is 14.8 Å². The van der Waals surface area contributed by atoms with Gasteiger partial charge in [0.25, 0.3) is 0 Å². The van der Waals surface area contributed by atoms with Crippen molar-refractivity contribution >= 4 is 5.69 Å². The van der Waals surface area contributed by atoms with Crippen molar-refractivity contribution in [3.05, 3.63) is 41.7 Å². The number of anilines is 1. The van der Waals surface area contributed by atoms with Gasteiger partial charge in [-0.05, 0) is 30.7 Å². The lowest BCUT2D eigenvalue weighted by Crippen LogP contribution is -2.09. The third-order valence-corrected chi connectivity index (χ3v) is 3.06. The second kappa shape index (κ2) is 6.96. The lowest BCUT2D eigenvalue weighted by molar-refractivity contribution is 0.146. The van der Waals surface area contributed by atoms with E-state index in [0.29, 0.717) is 19.8 Å². The highest BCUT2D eigenvalue weighted by Crippen LogP contribution is 2.26. The lowest BCUT2D eigenvalue weighted by atomic mass is 10.2. The van der Waals surface area contributed by atoms with E-state index in [4.69, 9.17) is 9.47 Å². The van der Waals surface area contributed by atoms with E-state index in [0.717, 1.165) is 17.1 Å². The van der Waals surface area contributed by atoms with E-state index in [1.165, 1.54) is 5.56 Å². The zero-order chi connectivity index (χ0) is 14.4. The lowest BCUT2D eigenvalue weighted by Gasteiger charge is -2.14. The fraction of sp³-hybridized carbons (Fsp3) is 0.400. The highest BCUT2D eigenvalue weighted by molar-refractivity contribution is 5.57. The molecule has 2 aromatic rings. The predicted molar refractivity (Wildman–Crippen MR) is 79.1 cm³/mol. The van der Waals surface area contributed by atoms with Gasteiger partial charge in [-0.1, -0.05) is 6.07 Å². The Hall–Kier alpha value is -2.01. The molecule has 1 N–H and O–H groups in total. The van der Waals surface area contributed by atoms with E-state index in [1.54, 1.807) is 13.3 Å². The van der Waals surface area contributed by atoms with Gasteiger partial charge in [0, 0.05) is 20.4 Å². The smallest absolute Gasteiger partial charge is 0.142 e. The van der Waals surface area contributed by atoms with Gasteiger partial charge in [-0.25, -0.2) is 0 Å². The Labute approximate surface area is 119 Å². The van der Waals surface area contributed by atoms with Crippen molar-refractivity contribution in [3.8, 4) is 5.75 Å². The fourth-order valence-electron chi connectivity index (χ4n) is 1.89. The van der Waals surface area contributed by atoms with Crippen LogP contribution in [-0.4, -0.2) is 30.1 Å². The second-order valence-electron chi connectivity index (χ2n) is 4.64. The summed E-state index contributed by atoms with van der Waals surface area (Å²) >= 11 is 0. The Kier molecular flexibility index (Phi) is 5.01. The van der Waals surface area contributed by atoms with E-state index >= 15 is 0 Å². The first-order chi connectivity index (χ1) is 9.70. The van der Waals surface area contributed by atoms with Crippen LogP contribution in [0.5, 0.6) is 5.75 Å². The van der Waals surface area contributed by atoms with Crippen LogP contribution < -0.4 is 10.1 Å². The molecule has 20 heavy (non-hydrogen) atoms. The standard InChI is InChI=1S/C15H21N3O2/c1-12-4-5-14(15(10-12)20-9-8-19-3)16-11-13-6-7-17-18(13)2/h4-7,10,16H,8-9,11H2,1-3H3. The van der Waals surface area contributed by atoms with Crippen LogP contribution in [0.2, 0.25) is 0 Å². The fourth-order valence-corrected chi connectivity index (χ4v) is 1.89. The van der Waals surface area contributed by atoms with Crippen molar-refractivity contribution < 1.29 is 9.47 Å². The van der Waals surface area contributed by atoms with Gasteiger partial charge in [-0.2, -0.15) is 5.10 Å². The molecule has 0 aliphatic heterocycles. The molecule has 0 spiro atoms. The summed E-state index contributed by atoms with van der Waals surface area (Å²) in [7, 11) is 3.60. The van der Waals surface area contributed by atoms with Crippen LogP contribution in [0.3, 0.4) is 0 Å². The quantitative estimate of drug-likeness (QED) is 0.788. The van der Waals surface area contributed by atoms with Crippen molar-refractivity contribution in [2.45, 2.75) is 13.5 Å². The number of nitrogens with one attached hydrogen (secondary N) is 1. The molecular formula is C15H21N3O2. The topological polar surface area (TPSA) is 48.3 Å². The summed E-state index contributed by atoms with van der Waals surface area (Å²) in [4.78, 5) is 0. The van der Waals surface area contributed by atoms with E-state index in [9.17, 15) is 0 Å². The molecule has 0 saturated heterocycles. The molecule has 1 heterocycles. The van der Waals surface area contributed by atoms with Crippen LogP contribution in [0.4, 0.5) is 5.69 Å². The molecule has 0 aliphatic rings. The number of aryl methyl sites for hydroxylation is 2. The summed E-state index contributed by atoms with van der Waals surface area (Å²) in [6.07, 6.45) is 1.79. The van der Waals surface area contributed by atoms with Gasteiger partial charge in [0.2, 0.25) is 0 Å². The summed E-state index contributed by atoms with van der Waals surface area (Å²) < 4.78 is 12.6. The SMILES string of the molecule is COCCOc1cc(C)ccc1NCc1ccnn1C. The van der Waals surface area contributed by atoms with Crippen LogP contribution in [0.1, 0.15) is 11.3 Å². The molecule has 0 saturated carbocycles. The van der Waals surface area contributed by atoms with E-state index in [1.807, 2.05) is 36.9 Å². The van der Waals surface area contributed by atoms with Crippen LogP contribution in [0.15, 0.2) is 30.5 Å². The van der Waals surface area contributed by atoms with Crippen LogP contribution in [-0.2, 0) is 18.3 Å². The average Bonchev–Trinajstić information content (AvgIpc) is 2.84. The maximum Gasteiger partial charge on any atom is 0.142 e. The van der Waals surface area contributed by atoms with Crippen molar-refractivity contribution in [2.75, 3.05) is 25.6 Å². The first-order valence-electron chi connectivity index (χ1n) is 6.64. The minimum Gasteiger partial charge on any atom is -0.489 e. The number of rotatable bonds is 7. The number of benzene rings is 1. The first kappa shape index (κ1) is 14.4. The third kappa shape index (κ3) is 3.74. The molecule has 0 bridgehead atoms. The highest BCUT2D eigenvalue weighted by Gasteiger charge is 2.05. The summed E-state index contributed by atoms with van der Waals surface area (Å²) in [5.41, 5.74) is 3.27. The molecule has 0 atom stereocenters. The van der Waals surface area contributed by atoms with Gasteiger partial charge in [0.1, 0.15) is 12.4 Å². The predicted octanol–water partition coefficient (Wildman–Crippen LogP) is 2.37. The monoisotopic (exact) mass is 275 g/mol. The number of hydrogen-bond acceptors (Lipinski definition) is 4. The molecule has 1 aromatic carbocycles. The molecule has 5 nitrogen and oxygen atoms in total. The minimum absolute atomic E-state index is 0.542. The third-order valence-electron chi connectivity index (χ3n) is 3.06. The summed E-state index contributed by atoms with van der Waals surface area (Å²) in [5.74, 6) is 0.851. The van der Waals surface area contributed by atoms with Crippen molar-refractivity contribution in [3.63, 3.8) is 0 Å². The van der Waals surface area contributed by atoms with Gasteiger partial charge in [0.05, 0.1) is 24.5 Å². The number of ether oxygens (including phenoxy) is 2. The molecular weight excluding hydrogens is 254 g/mol. The first-order valence-corrected chi connectivity index (χ1v) is 6.64. The Morgan fingerprint density at radius 2 is 2.10 bits per heavy atom. The number of hydrogen-bond donors (Lipinski definition) is 1. The highest BCUT2D eigenvalue weighted by atomic mass is 16.5. The largest absolute Gasteiger partial charge is 0.489 e. The molecule has 0 fully saturated rings. The normalized spacial score (nSPS) is 10.6. The van der Waals surface area contributed by atoms with E-state index in [2.05, 4.69) is 16.5 Å². The summed E-state index contributed by atoms with van der Waals surface area (Å²) in [6, 6.07) is 8.12. The van der Waals surface area contributed by atoms with Gasteiger partial charge >= 0.3 is 0 Å². The van der Waals surface area contributed by atoms with Gasteiger partial charge in [-0.15, -0.1) is 0 Å². The van der Waals surface area contributed by atoms with Crippen molar-refractivity contribution in [1.29, 1.82) is 0 Å².